The quantitative estimate of drug-likeness (QED) is 0.846. The number of rotatable bonds is 6. The molecule has 120 valence electrons. The number of hydrogen-bond donors (Lipinski definition) is 2. The number of hydrogen-bond acceptors (Lipinski definition) is 3. The number of nitrogens with one attached hydrogen (secondary N) is 1. The Kier molecular flexibility index (Phi) is 5.56. The van der Waals surface area contributed by atoms with Gasteiger partial charge in [0, 0.05) is 12.1 Å². The van der Waals surface area contributed by atoms with E-state index in [2.05, 4.69) is 31.2 Å². The fourth-order valence-electron chi connectivity index (χ4n) is 2.33. The highest BCUT2D eigenvalue weighted by atomic mass is 16.1. The van der Waals surface area contributed by atoms with E-state index in [1.807, 2.05) is 25.5 Å². The zero-order chi connectivity index (χ0) is 16.3. The second-order valence-corrected chi connectivity index (χ2v) is 6.69. The third kappa shape index (κ3) is 4.06. The minimum atomic E-state index is -0.331. The van der Waals surface area contributed by atoms with Gasteiger partial charge in [-0.3, -0.25) is 9.48 Å². The minimum absolute atomic E-state index is 0.0842. The van der Waals surface area contributed by atoms with Gasteiger partial charge in [0.1, 0.15) is 0 Å². The number of carbonyl (C=O) groups is 1. The van der Waals surface area contributed by atoms with Crippen molar-refractivity contribution in [3.63, 3.8) is 0 Å². The van der Waals surface area contributed by atoms with Crippen LogP contribution in [0.1, 0.15) is 70.4 Å². The van der Waals surface area contributed by atoms with E-state index in [1.54, 1.807) is 6.20 Å². The number of nitrogens with zero attached hydrogens (tertiary/aromatic N) is 2. The summed E-state index contributed by atoms with van der Waals surface area (Å²) in [6.07, 6.45) is 4.11. The molecule has 1 heterocycles. The predicted molar refractivity (Wildman–Crippen MR) is 86.4 cm³/mol. The lowest BCUT2D eigenvalue weighted by Crippen LogP contribution is -2.49. The van der Waals surface area contributed by atoms with Crippen molar-refractivity contribution in [2.45, 2.75) is 71.9 Å². The summed E-state index contributed by atoms with van der Waals surface area (Å²) >= 11 is 0. The van der Waals surface area contributed by atoms with Crippen molar-refractivity contribution in [1.82, 2.24) is 15.1 Å². The van der Waals surface area contributed by atoms with Gasteiger partial charge in [0.25, 0.3) is 5.91 Å². The Bertz CT molecular complexity index is 481. The molecule has 21 heavy (non-hydrogen) atoms. The highest BCUT2D eigenvalue weighted by Crippen LogP contribution is 2.20. The normalized spacial score (nSPS) is 12.5. The van der Waals surface area contributed by atoms with Gasteiger partial charge in [-0.15, -0.1) is 0 Å². The molecule has 0 spiro atoms. The molecule has 0 aliphatic heterocycles. The van der Waals surface area contributed by atoms with Crippen molar-refractivity contribution in [3.05, 3.63) is 17.5 Å². The van der Waals surface area contributed by atoms with Crippen LogP contribution in [0.4, 0.5) is 0 Å². The van der Waals surface area contributed by atoms with E-state index >= 15 is 0 Å². The number of nitrogens with two attached hydrogens (primary N) is 1. The Morgan fingerprint density at radius 1 is 1.29 bits per heavy atom. The molecule has 0 atom stereocenters. The van der Waals surface area contributed by atoms with E-state index in [1.165, 1.54) is 0 Å². The van der Waals surface area contributed by atoms with Gasteiger partial charge in [0.05, 0.1) is 23.0 Å². The van der Waals surface area contributed by atoms with Gasteiger partial charge in [-0.25, -0.2) is 0 Å². The lowest BCUT2D eigenvalue weighted by atomic mass is 9.94. The first kappa shape index (κ1) is 17.7. The monoisotopic (exact) mass is 294 g/mol. The molecule has 1 aromatic heterocycles. The van der Waals surface area contributed by atoms with Crippen LogP contribution in [0.25, 0.3) is 0 Å². The van der Waals surface area contributed by atoms with Gasteiger partial charge in [0.15, 0.2) is 0 Å². The van der Waals surface area contributed by atoms with E-state index in [9.17, 15) is 4.79 Å². The molecule has 0 unspecified atom stereocenters. The molecule has 0 aliphatic rings. The van der Waals surface area contributed by atoms with Gasteiger partial charge in [-0.2, -0.15) is 5.10 Å². The van der Waals surface area contributed by atoms with Crippen molar-refractivity contribution < 1.29 is 4.79 Å². The molecule has 5 heteroatoms. The maximum Gasteiger partial charge on any atom is 0.254 e. The van der Waals surface area contributed by atoms with Crippen LogP contribution >= 0.6 is 0 Å². The van der Waals surface area contributed by atoms with Crippen LogP contribution in [-0.2, 0) is 12.0 Å². The summed E-state index contributed by atoms with van der Waals surface area (Å²) in [6.45, 7) is 12.9. The maximum absolute atomic E-state index is 12.4. The second-order valence-electron chi connectivity index (χ2n) is 6.69. The van der Waals surface area contributed by atoms with Crippen LogP contribution in [0.2, 0.25) is 0 Å². The number of carbonyl (C=O) groups excluding carboxylic acids is 1. The Hall–Kier alpha value is -1.36. The van der Waals surface area contributed by atoms with E-state index in [0.717, 1.165) is 25.0 Å². The maximum atomic E-state index is 12.4. The SMILES string of the molecule is CCc1c(C(=O)NCC(N)(CC)CC)cnn1C(C)(C)C. The first-order valence-corrected chi connectivity index (χ1v) is 7.83. The fraction of sp³-hybridized carbons (Fsp3) is 0.750. The molecule has 1 aromatic rings. The van der Waals surface area contributed by atoms with Crippen LogP contribution in [-0.4, -0.2) is 27.8 Å². The van der Waals surface area contributed by atoms with Gasteiger partial charge in [0.2, 0.25) is 0 Å². The molecular weight excluding hydrogens is 264 g/mol. The average molecular weight is 294 g/mol. The molecule has 0 aliphatic carbocycles. The van der Waals surface area contributed by atoms with Crippen LogP contribution < -0.4 is 11.1 Å². The van der Waals surface area contributed by atoms with Gasteiger partial charge in [-0.1, -0.05) is 20.8 Å². The molecule has 5 nitrogen and oxygen atoms in total. The lowest BCUT2D eigenvalue weighted by Gasteiger charge is -2.27. The van der Waals surface area contributed by atoms with E-state index < -0.39 is 0 Å². The molecule has 0 saturated carbocycles. The predicted octanol–water partition coefficient (Wildman–Crippen LogP) is 2.45. The summed E-state index contributed by atoms with van der Waals surface area (Å²) < 4.78 is 1.93. The molecule has 0 saturated heterocycles. The Morgan fingerprint density at radius 2 is 1.86 bits per heavy atom. The molecule has 0 bridgehead atoms. The van der Waals surface area contributed by atoms with Gasteiger partial charge < -0.3 is 11.1 Å². The van der Waals surface area contributed by atoms with E-state index in [0.29, 0.717) is 12.1 Å². The van der Waals surface area contributed by atoms with E-state index in [-0.39, 0.29) is 17.0 Å². The third-order valence-electron chi connectivity index (χ3n) is 4.09. The van der Waals surface area contributed by atoms with Crippen molar-refractivity contribution in [2.75, 3.05) is 6.54 Å². The molecule has 0 fully saturated rings. The summed E-state index contributed by atoms with van der Waals surface area (Å²) in [7, 11) is 0. The van der Waals surface area contributed by atoms with Crippen LogP contribution in [0.5, 0.6) is 0 Å². The highest BCUT2D eigenvalue weighted by molar-refractivity contribution is 5.95. The highest BCUT2D eigenvalue weighted by Gasteiger charge is 2.25. The topological polar surface area (TPSA) is 72.9 Å². The third-order valence-corrected chi connectivity index (χ3v) is 4.09. The first-order chi connectivity index (χ1) is 9.68. The van der Waals surface area contributed by atoms with Crippen LogP contribution in [0.3, 0.4) is 0 Å². The zero-order valence-electron chi connectivity index (χ0n) is 14.3. The number of amides is 1. The van der Waals surface area contributed by atoms with Gasteiger partial charge in [-0.05, 0) is 40.0 Å². The molecule has 1 rings (SSSR count). The minimum Gasteiger partial charge on any atom is -0.350 e. The van der Waals surface area contributed by atoms with Gasteiger partial charge >= 0.3 is 0 Å². The number of aromatic nitrogens is 2. The smallest absolute Gasteiger partial charge is 0.254 e. The Balaban J connectivity index is 2.92. The van der Waals surface area contributed by atoms with Crippen molar-refractivity contribution in [1.29, 1.82) is 0 Å². The molecule has 0 aromatic carbocycles. The molecule has 0 radical (unpaired) electrons. The Labute approximate surface area is 128 Å². The average Bonchev–Trinajstić information content (AvgIpc) is 2.88. The summed E-state index contributed by atoms with van der Waals surface area (Å²) in [6, 6.07) is 0. The van der Waals surface area contributed by atoms with Crippen molar-refractivity contribution in [2.24, 2.45) is 5.73 Å². The first-order valence-electron chi connectivity index (χ1n) is 7.83. The summed E-state index contributed by atoms with van der Waals surface area (Å²) in [5.74, 6) is -0.0842. The standard InChI is InChI=1S/C16H30N4O/c1-7-13-12(10-19-20(13)15(4,5)6)14(21)18-11-16(17,8-2)9-3/h10H,7-9,11,17H2,1-6H3,(H,18,21). The fourth-order valence-corrected chi connectivity index (χ4v) is 2.33. The van der Waals surface area contributed by atoms with E-state index in [4.69, 9.17) is 5.73 Å². The summed E-state index contributed by atoms with van der Waals surface area (Å²) in [5, 5.41) is 7.35. The van der Waals surface area contributed by atoms with Crippen molar-refractivity contribution in [3.8, 4) is 0 Å². The zero-order valence-corrected chi connectivity index (χ0v) is 14.3. The van der Waals surface area contributed by atoms with Crippen molar-refractivity contribution >= 4 is 5.91 Å². The Morgan fingerprint density at radius 3 is 2.29 bits per heavy atom. The molecule has 3 N–H and O–H groups in total. The molecule has 1 amide bonds. The molecular formula is C16H30N4O. The van der Waals surface area contributed by atoms with Crippen LogP contribution in [0.15, 0.2) is 6.20 Å². The second kappa shape index (κ2) is 6.60. The summed E-state index contributed by atoms with van der Waals surface area (Å²) in [4.78, 5) is 12.4. The van der Waals surface area contributed by atoms with Crippen LogP contribution in [0, 0.1) is 0 Å². The lowest BCUT2D eigenvalue weighted by molar-refractivity contribution is 0.0941. The largest absolute Gasteiger partial charge is 0.350 e. The summed E-state index contributed by atoms with van der Waals surface area (Å²) in [5.41, 5.74) is 7.39.